The summed E-state index contributed by atoms with van der Waals surface area (Å²) in [6.07, 6.45) is 6.28. The van der Waals surface area contributed by atoms with Gasteiger partial charge < -0.3 is 4.57 Å². The first kappa shape index (κ1) is 24.4. The number of pyridine rings is 1. The van der Waals surface area contributed by atoms with Crippen molar-refractivity contribution in [3.63, 3.8) is 0 Å². The molecule has 0 amide bonds. The fourth-order valence-corrected chi connectivity index (χ4v) is 4.96. The quantitative estimate of drug-likeness (QED) is 0.369. The van der Waals surface area contributed by atoms with Gasteiger partial charge in [-0.05, 0) is 49.0 Å². The van der Waals surface area contributed by atoms with E-state index in [0.29, 0.717) is 48.0 Å². The van der Waals surface area contributed by atoms with E-state index in [1.165, 1.54) is 12.4 Å². The second kappa shape index (κ2) is 8.97. The van der Waals surface area contributed by atoms with E-state index in [9.17, 15) is 26.7 Å². The summed E-state index contributed by atoms with van der Waals surface area (Å²) in [7, 11) is 0. The number of Topliss-reactive ketones (excluding diaryl/α,β-unsaturated/α-hetero) is 1. The average Bonchev–Trinajstić information content (AvgIpc) is 3.40. The summed E-state index contributed by atoms with van der Waals surface area (Å²) in [5.74, 6) is -2.51. The minimum absolute atomic E-state index is 0.0540. The molecule has 1 saturated carbocycles. The summed E-state index contributed by atoms with van der Waals surface area (Å²) in [5.41, 5.74) is 4.81. The molecule has 0 N–H and O–H groups in total. The molecule has 3 aromatic rings. The highest BCUT2D eigenvalue weighted by Gasteiger charge is 2.35. The van der Waals surface area contributed by atoms with Crippen molar-refractivity contribution in [1.29, 1.82) is 0 Å². The number of rotatable bonds is 5. The van der Waals surface area contributed by atoms with E-state index >= 15 is 0 Å². The highest BCUT2D eigenvalue weighted by Crippen LogP contribution is 2.38. The van der Waals surface area contributed by atoms with Crippen LogP contribution in [0.1, 0.15) is 44.6 Å². The fraction of sp³-hybridized carbons (Fsp3) is 0.423. The Balaban J connectivity index is 1.54. The predicted molar refractivity (Wildman–Crippen MR) is 125 cm³/mol. The van der Waals surface area contributed by atoms with Crippen molar-refractivity contribution in [1.82, 2.24) is 19.3 Å². The predicted octanol–water partition coefficient (Wildman–Crippen LogP) is 6.59. The largest absolute Gasteiger partial charge is 0.408 e. The molecule has 190 valence electrons. The molecule has 1 fully saturated rings. The van der Waals surface area contributed by atoms with E-state index in [2.05, 4.69) is 10.1 Å². The molecule has 2 aliphatic carbocycles. The molecule has 0 atom stereocenters. The third kappa shape index (κ3) is 5.12. The summed E-state index contributed by atoms with van der Waals surface area (Å²) in [5, 5.41) is 3.86. The lowest BCUT2D eigenvalue weighted by Gasteiger charge is -2.28. The van der Waals surface area contributed by atoms with E-state index in [1.54, 1.807) is 13.1 Å². The summed E-state index contributed by atoms with van der Waals surface area (Å²) in [6, 6.07) is 1.94. The van der Waals surface area contributed by atoms with Gasteiger partial charge in [0.15, 0.2) is 5.78 Å². The van der Waals surface area contributed by atoms with Crippen LogP contribution in [-0.4, -0.2) is 37.2 Å². The van der Waals surface area contributed by atoms with Crippen molar-refractivity contribution >= 4 is 22.4 Å². The highest BCUT2D eigenvalue weighted by molar-refractivity contribution is 6.03. The fourth-order valence-electron chi connectivity index (χ4n) is 4.96. The van der Waals surface area contributed by atoms with Crippen LogP contribution in [0.25, 0.3) is 27.7 Å². The van der Waals surface area contributed by atoms with E-state index in [4.69, 9.17) is 0 Å². The monoisotopic (exact) mass is 504 g/mol. The second-order valence-electron chi connectivity index (χ2n) is 9.74. The summed E-state index contributed by atoms with van der Waals surface area (Å²) >= 11 is 0. The minimum Gasteiger partial charge on any atom is -0.345 e. The zero-order valence-corrected chi connectivity index (χ0v) is 19.7. The first-order valence-electron chi connectivity index (χ1n) is 11.9. The average molecular weight is 505 g/mol. The minimum atomic E-state index is -4.39. The van der Waals surface area contributed by atoms with Gasteiger partial charge in [-0.15, -0.1) is 0 Å². The number of fused-ring (bicyclic) bond motifs is 1. The number of carbonyl (C=O) groups is 1. The molecule has 0 aromatic carbocycles. The highest BCUT2D eigenvalue weighted by atomic mass is 19.4. The smallest absolute Gasteiger partial charge is 0.345 e. The zero-order chi connectivity index (χ0) is 25.7. The van der Waals surface area contributed by atoms with Crippen LogP contribution in [-0.2, 0) is 17.9 Å². The van der Waals surface area contributed by atoms with Crippen LogP contribution in [0.3, 0.4) is 0 Å². The Bertz CT molecular complexity index is 1370. The van der Waals surface area contributed by atoms with Crippen LogP contribution in [0.4, 0.5) is 22.0 Å². The lowest BCUT2D eigenvalue weighted by Crippen LogP contribution is -2.26. The SMILES string of the molecule is CC1=CC(c2cnc3c(-c4cnn(CC(F)(F)F)c4)cn(CC4CCC(F)(F)CC4)c3c2)=CCC1=O. The number of alkyl halides is 5. The van der Waals surface area contributed by atoms with Gasteiger partial charge in [0.2, 0.25) is 5.92 Å². The maximum Gasteiger partial charge on any atom is 0.408 e. The maximum absolute atomic E-state index is 13.7. The number of nitrogens with zero attached hydrogens (tertiary/aromatic N) is 4. The first-order valence-corrected chi connectivity index (χ1v) is 11.9. The number of allylic oxidation sites excluding steroid dienone is 4. The molecule has 0 bridgehead atoms. The van der Waals surface area contributed by atoms with Crippen LogP contribution in [0.2, 0.25) is 0 Å². The number of carbonyl (C=O) groups excluding carboxylic acids is 1. The summed E-state index contributed by atoms with van der Waals surface area (Å²) < 4.78 is 68.7. The van der Waals surface area contributed by atoms with E-state index < -0.39 is 18.6 Å². The van der Waals surface area contributed by atoms with Crippen molar-refractivity contribution in [2.24, 2.45) is 5.92 Å². The van der Waals surface area contributed by atoms with Crippen LogP contribution in [0.15, 0.2) is 48.6 Å². The van der Waals surface area contributed by atoms with Gasteiger partial charge in [0.05, 0.1) is 17.2 Å². The number of hydrogen-bond donors (Lipinski definition) is 0. The Morgan fingerprint density at radius 2 is 1.86 bits per heavy atom. The Morgan fingerprint density at radius 3 is 2.56 bits per heavy atom. The van der Waals surface area contributed by atoms with Crippen molar-refractivity contribution in [2.45, 2.75) is 64.2 Å². The third-order valence-corrected chi connectivity index (χ3v) is 6.95. The van der Waals surface area contributed by atoms with Gasteiger partial charge in [-0.1, -0.05) is 6.08 Å². The van der Waals surface area contributed by atoms with Gasteiger partial charge in [0.1, 0.15) is 6.54 Å². The van der Waals surface area contributed by atoms with Crippen molar-refractivity contribution < 1.29 is 26.7 Å². The van der Waals surface area contributed by atoms with Gasteiger partial charge in [0, 0.05) is 61.1 Å². The van der Waals surface area contributed by atoms with Crippen molar-refractivity contribution in [3.8, 4) is 11.1 Å². The zero-order valence-electron chi connectivity index (χ0n) is 19.7. The molecular weight excluding hydrogens is 479 g/mol. The van der Waals surface area contributed by atoms with E-state index in [1.807, 2.05) is 29.0 Å². The molecule has 36 heavy (non-hydrogen) atoms. The standard InChI is InChI=1S/C26H25F5N4O/c1-16-8-18(2-3-23(16)36)19-9-22-24(32-10-19)21(20-11-33-35(13-20)15-26(29,30)31)14-34(22)12-17-4-6-25(27,28)7-5-17/h2,8-11,13-14,17H,3-7,12,15H2,1H3. The molecule has 0 saturated heterocycles. The molecule has 3 heterocycles. The van der Waals surface area contributed by atoms with E-state index in [-0.39, 0.29) is 24.5 Å². The van der Waals surface area contributed by atoms with Crippen LogP contribution < -0.4 is 0 Å². The molecular formula is C26H25F5N4O. The Kier molecular flexibility index (Phi) is 6.08. The molecule has 2 aliphatic rings. The molecule has 0 aliphatic heterocycles. The molecule has 10 heteroatoms. The first-order chi connectivity index (χ1) is 17.0. The normalized spacial score (nSPS) is 19.0. The number of ketones is 1. The number of halogens is 5. The topological polar surface area (TPSA) is 52.7 Å². The van der Waals surface area contributed by atoms with Crippen molar-refractivity contribution in [2.75, 3.05) is 0 Å². The van der Waals surface area contributed by atoms with Gasteiger partial charge in [-0.3, -0.25) is 14.5 Å². The van der Waals surface area contributed by atoms with Gasteiger partial charge in [0.25, 0.3) is 0 Å². The molecule has 0 unspecified atom stereocenters. The molecule has 3 aromatic heterocycles. The molecule has 5 nitrogen and oxygen atoms in total. The Morgan fingerprint density at radius 1 is 1.11 bits per heavy atom. The second-order valence-corrected chi connectivity index (χ2v) is 9.74. The van der Waals surface area contributed by atoms with Crippen LogP contribution in [0.5, 0.6) is 0 Å². The molecule has 0 spiro atoms. The molecule has 0 radical (unpaired) electrons. The third-order valence-electron chi connectivity index (χ3n) is 6.95. The maximum atomic E-state index is 13.7. The Labute approximate surface area is 204 Å². The van der Waals surface area contributed by atoms with Gasteiger partial charge >= 0.3 is 6.18 Å². The van der Waals surface area contributed by atoms with Crippen molar-refractivity contribution in [3.05, 3.63) is 54.1 Å². The van der Waals surface area contributed by atoms with Crippen LogP contribution in [0, 0.1) is 5.92 Å². The number of hydrogen-bond acceptors (Lipinski definition) is 3. The summed E-state index contributed by atoms with van der Waals surface area (Å²) in [4.78, 5) is 16.5. The van der Waals surface area contributed by atoms with E-state index in [0.717, 1.165) is 21.3 Å². The van der Waals surface area contributed by atoms with Gasteiger partial charge in [-0.25, -0.2) is 8.78 Å². The molecule has 5 rings (SSSR count). The lowest BCUT2D eigenvalue weighted by atomic mass is 9.87. The lowest BCUT2D eigenvalue weighted by molar-refractivity contribution is -0.142. The van der Waals surface area contributed by atoms with Crippen LogP contribution >= 0.6 is 0 Å². The Hall–Kier alpha value is -3.30. The number of aromatic nitrogens is 4. The van der Waals surface area contributed by atoms with Gasteiger partial charge in [-0.2, -0.15) is 18.3 Å². The summed E-state index contributed by atoms with van der Waals surface area (Å²) in [6.45, 7) is 1.07.